The van der Waals surface area contributed by atoms with Crippen molar-refractivity contribution in [3.05, 3.63) is 144 Å². The molecule has 0 atom stereocenters. The van der Waals surface area contributed by atoms with Gasteiger partial charge in [-0.1, -0.05) is 96.5 Å². The van der Waals surface area contributed by atoms with Crippen LogP contribution < -0.4 is 9.47 Å². The molecule has 0 spiro atoms. The van der Waals surface area contributed by atoms with Gasteiger partial charge in [-0.3, -0.25) is 0 Å². The average Bonchev–Trinajstić information content (AvgIpc) is 3.01. The van der Waals surface area contributed by atoms with Crippen molar-refractivity contribution in [1.29, 1.82) is 0 Å². The van der Waals surface area contributed by atoms with Gasteiger partial charge in [-0.15, -0.1) is 0 Å². The normalized spacial score (nSPS) is 11.2. The van der Waals surface area contributed by atoms with Gasteiger partial charge in [0.25, 0.3) is 0 Å². The summed E-state index contributed by atoms with van der Waals surface area (Å²) in [6.07, 6.45) is 0. The second-order valence-electron chi connectivity index (χ2n) is 9.80. The van der Waals surface area contributed by atoms with Gasteiger partial charge in [0, 0.05) is 26.6 Å². The molecule has 0 aliphatic rings. The molecule has 0 heterocycles. The zero-order valence-electron chi connectivity index (χ0n) is 21.6. The monoisotopic (exact) mass is 552 g/mol. The Hall–Kier alpha value is -5.19. The van der Waals surface area contributed by atoms with Crippen LogP contribution in [-0.2, 0) is 0 Å². The molecule has 7 aromatic carbocycles. The predicted molar refractivity (Wildman–Crippen MR) is 164 cm³/mol. The number of benzene rings is 7. The third-order valence-electron chi connectivity index (χ3n) is 7.25. The molecule has 0 amide bonds. The molecule has 0 unspecified atom stereocenters. The van der Waals surface area contributed by atoms with Crippen molar-refractivity contribution in [2.75, 3.05) is 0 Å². The van der Waals surface area contributed by atoms with E-state index in [-0.39, 0.29) is 0 Å². The minimum Gasteiger partial charge on any atom is -0.422 e. The SMILES string of the molecule is O=C(Oc1c2ccccc2c(OC(=O)c2ccc3ccccc3c2)c2cc(Cl)ccc12)c1ccc2ccccc2c1. The van der Waals surface area contributed by atoms with Crippen molar-refractivity contribution < 1.29 is 19.1 Å². The van der Waals surface area contributed by atoms with E-state index in [1.807, 2.05) is 97.1 Å². The summed E-state index contributed by atoms with van der Waals surface area (Å²) in [6.45, 7) is 0. The maximum absolute atomic E-state index is 13.4. The van der Waals surface area contributed by atoms with Crippen molar-refractivity contribution >= 4 is 66.6 Å². The molecule has 0 bridgehead atoms. The summed E-state index contributed by atoms with van der Waals surface area (Å²) in [5.41, 5.74) is 0.858. The van der Waals surface area contributed by atoms with Crippen LogP contribution in [0.4, 0.5) is 0 Å². The van der Waals surface area contributed by atoms with Gasteiger partial charge in [-0.05, 0) is 64.0 Å². The molecule has 5 heteroatoms. The highest BCUT2D eigenvalue weighted by Gasteiger charge is 2.22. The molecule has 7 aromatic rings. The zero-order chi connectivity index (χ0) is 27.9. The van der Waals surface area contributed by atoms with E-state index in [1.165, 1.54) is 0 Å². The Kier molecular flexibility index (Phi) is 6.11. The number of ether oxygens (including phenoxy) is 2. The minimum absolute atomic E-state index is 0.349. The lowest BCUT2D eigenvalue weighted by atomic mass is 10.00. The zero-order valence-corrected chi connectivity index (χ0v) is 22.4. The highest BCUT2D eigenvalue weighted by molar-refractivity contribution is 6.32. The quantitative estimate of drug-likeness (QED) is 0.124. The summed E-state index contributed by atoms with van der Waals surface area (Å²) in [4.78, 5) is 26.9. The van der Waals surface area contributed by atoms with Crippen LogP contribution in [-0.4, -0.2) is 11.9 Å². The molecule has 0 saturated carbocycles. The minimum atomic E-state index is -0.497. The van der Waals surface area contributed by atoms with Gasteiger partial charge >= 0.3 is 11.9 Å². The number of carbonyl (C=O) groups excluding carboxylic acids is 2. The first-order valence-corrected chi connectivity index (χ1v) is 13.5. The predicted octanol–water partition coefficient (Wildman–Crippen LogP) is 9.39. The van der Waals surface area contributed by atoms with E-state index in [9.17, 15) is 9.59 Å². The van der Waals surface area contributed by atoms with Crippen molar-refractivity contribution in [2.24, 2.45) is 0 Å². The number of halogens is 1. The molecule has 7 rings (SSSR count). The maximum atomic E-state index is 13.4. The van der Waals surface area contributed by atoms with E-state index in [1.54, 1.807) is 30.3 Å². The van der Waals surface area contributed by atoms with Gasteiger partial charge in [0.1, 0.15) is 11.5 Å². The third kappa shape index (κ3) is 4.54. The molecule has 0 N–H and O–H groups in total. The molecule has 0 aromatic heterocycles. The topological polar surface area (TPSA) is 52.6 Å². The number of rotatable bonds is 4. The van der Waals surface area contributed by atoms with Crippen LogP contribution >= 0.6 is 11.6 Å². The first-order valence-electron chi connectivity index (χ1n) is 13.1. The molecule has 196 valence electrons. The van der Waals surface area contributed by atoms with Crippen LogP contribution in [0.3, 0.4) is 0 Å². The molecule has 0 radical (unpaired) electrons. The van der Waals surface area contributed by atoms with E-state index >= 15 is 0 Å². The lowest BCUT2D eigenvalue weighted by Crippen LogP contribution is -2.11. The van der Waals surface area contributed by atoms with Gasteiger partial charge in [0.2, 0.25) is 0 Å². The Bertz CT molecular complexity index is 2170. The first-order chi connectivity index (χ1) is 20.0. The number of carbonyl (C=O) groups is 2. The van der Waals surface area contributed by atoms with E-state index < -0.39 is 11.9 Å². The fourth-order valence-corrected chi connectivity index (χ4v) is 5.40. The number of hydrogen-bond donors (Lipinski definition) is 0. The molecular formula is C36H21ClO4. The summed E-state index contributed by atoms with van der Waals surface area (Å²) in [5.74, 6) is -0.265. The Morgan fingerprint density at radius 3 is 1.41 bits per heavy atom. The molecule has 4 nitrogen and oxygen atoms in total. The van der Waals surface area contributed by atoms with Crippen molar-refractivity contribution in [3.8, 4) is 11.5 Å². The van der Waals surface area contributed by atoms with Crippen molar-refractivity contribution in [2.45, 2.75) is 0 Å². The van der Waals surface area contributed by atoms with Gasteiger partial charge < -0.3 is 9.47 Å². The second-order valence-corrected chi connectivity index (χ2v) is 10.2. The standard InChI is InChI=1S/C36H21ClO4/c37-28-17-18-31-32(21-28)34(41-36(39)27-16-14-23-8-2-4-10-25(23)20-27)30-12-6-5-11-29(30)33(31)40-35(38)26-15-13-22-7-1-3-9-24(22)19-26/h1-21H. The lowest BCUT2D eigenvalue weighted by Gasteiger charge is -2.17. The van der Waals surface area contributed by atoms with E-state index in [0.717, 1.165) is 21.5 Å². The average molecular weight is 553 g/mol. The molecule has 41 heavy (non-hydrogen) atoms. The van der Waals surface area contributed by atoms with Gasteiger partial charge in [-0.25, -0.2) is 9.59 Å². The molecular weight excluding hydrogens is 532 g/mol. The third-order valence-corrected chi connectivity index (χ3v) is 7.48. The summed E-state index contributed by atoms with van der Waals surface area (Å²) < 4.78 is 12.2. The summed E-state index contributed by atoms with van der Waals surface area (Å²) in [5, 5.41) is 6.83. The van der Waals surface area contributed by atoms with Crippen LogP contribution in [0.2, 0.25) is 5.02 Å². The van der Waals surface area contributed by atoms with E-state index in [4.69, 9.17) is 21.1 Å². The number of hydrogen-bond acceptors (Lipinski definition) is 4. The van der Waals surface area contributed by atoms with Crippen LogP contribution in [0.5, 0.6) is 11.5 Å². The van der Waals surface area contributed by atoms with Crippen LogP contribution in [0.15, 0.2) is 127 Å². The Morgan fingerprint density at radius 2 is 0.878 bits per heavy atom. The number of fused-ring (bicyclic) bond motifs is 4. The van der Waals surface area contributed by atoms with E-state index in [2.05, 4.69) is 0 Å². The molecule has 0 fully saturated rings. The highest BCUT2D eigenvalue weighted by Crippen LogP contribution is 2.44. The Labute approximate surface area is 240 Å². The van der Waals surface area contributed by atoms with E-state index in [0.29, 0.717) is 49.2 Å². The largest absolute Gasteiger partial charge is 0.422 e. The van der Waals surface area contributed by atoms with Gasteiger partial charge in [0.15, 0.2) is 0 Å². The second kappa shape index (κ2) is 10.1. The Balaban J connectivity index is 1.34. The van der Waals surface area contributed by atoms with Crippen molar-refractivity contribution in [3.63, 3.8) is 0 Å². The Morgan fingerprint density at radius 1 is 0.439 bits per heavy atom. The molecule has 0 aliphatic carbocycles. The van der Waals surface area contributed by atoms with Gasteiger partial charge in [0.05, 0.1) is 11.1 Å². The summed E-state index contributed by atoms with van der Waals surface area (Å²) >= 11 is 6.42. The number of esters is 2. The molecule has 0 saturated heterocycles. The van der Waals surface area contributed by atoms with Gasteiger partial charge in [-0.2, -0.15) is 0 Å². The molecule has 0 aliphatic heterocycles. The summed E-state index contributed by atoms with van der Waals surface area (Å²) in [6, 6.07) is 39.2. The summed E-state index contributed by atoms with van der Waals surface area (Å²) in [7, 11) is 0. The fourth-order valence-electron chi connectivity index (χ4n) is 5.23. The maximum Gasteiger partial charge on any atom is 0.343 e. The highest BCUT2D eigenvalue weighted by atomic mass is 35.5. The van der Waals surface area contributed by atoms with Crippen LogP contribution in [0.1, 0.15) is 20.7 Å². The smallest absolute Gasteiger partial charge is 0.343 e. The van der Waals surface area contributed by atoms with Crippen LogP contribution in [0.25, 0.3) is 43.1 Å². The van der Waals surface area contributed by atoms with Crippen LogP contribution in [0, 0.1) is 0 Å². The fraction of sp³-hybridized carbons (Fsp3) is 0. The first kappa shape index (κ1) is 24.8. The lowest BCUT2D eigenvalue weighted by molar-refractivity contribution is 0.0726. The van der Waals surface area contributed by atoms with Crippen molar-refractivity contribution in [1.82, 2.24) is 0 Å².